The summed E-state index contributed by atoms with van der Waals surface area (Å²) in [5, 5.41) is 5.31. The molecule has 0 saturated heterocycles. The second-order valence-corrected chi connectivity index (χ2v) is 8.37. The van der Waals surface area contributed by atoms with Crippen molar-refractivity contribution in [2.45, 2.75) is 20.3 Å². The average molecular weight is 512 g/mol. The highest BCUT2D eigenvalue weighted by molar-refractivity contribution is 6.16. The van der Waals surface area contributed by atoms with Gasteiger partial charge in [0.25, 0.3) is 5.91 Å². The zero-order chi connectivity index (χ0) is 26.9. The van der Waals surface area contributed by atoms with Gasteiger partial charge in [-0.25, -0.2) is 4.98 Å². The quantitative estimate of drug-likeness (QED) is 0.0884. The number of ether oxygens (including phenoxy) is 2. The van der Waals surface area contributed by atoms with E-state index in [1.54, 1.807) is 43.4 Å². The number of amides is 1. The lowest BCUT2D eigenvalue weighted by Crippen LogP contribution is -2.32. The first-order valence-corrected chi connectivity index (χ1v) is 12.2. The SMILES string of the molecule is CCCN(Nc1ccccc1)/C(C)=C(\C=O)C(=O)Nc1ccc(Oc2ccnc3cc(OC)ccc23)cn1. The summed E-state index contributed by atoms with van der Waals surface area (Å²) >= 11 is 0. The summed E-state index contributed by atoms with van der Waals surface area (Å²) in [6, 6.07) is 20.2. The first-order valence-electron chi connectivity index (χ1n) is 12.2. The van der Waals surface area contributed by atoms with E-state index in [1.807, 2.05) is 55.5 Å². The second kappa shape index (κ2) is 12.4. The van der Waals surface area contributed by atoms with Crippen molar-refractivity contribution in [2.24, 2.45) is 0 Å². The Hall–Kier alpha value is -4.92. The van der Waals surface area contributed by atoms with Gasteiger partial charge in [-0.2, -0.15) is 0 Å². The molecule has 0 fully saturated rings. The van der Waals surface area contributed by atoms with E-state index in [2.05, 4.69) is 20.7 Å². The van der Waals surface area contributed by atoms with Gasteiger partial charge in [0.2, 0.25) is 0 Å². The standard InChI is InChI=1S/C29H29N5O4/c1-4-16-34(33-21-8-6-5-7-9-21)20(2)25(19-35)29(36)32-28-13-11-23(18-31-28)38-27-14-15-30-26-17-22(37-3)10-12-24(26)27/h5-15,17-19,33H,4,16H2,1-3H3,(H,31,32,36)/b25-20+. The molecule has 0 spiro atoms. The highest BCUT2D eigenvalue weighted by Gasteiger charge is 2.18. The molecule has 9 nitrogen and oxygen atoms in total. The molecule has 1 amide bonds. The predicted octanol–water partition coefficient (Wildman–Crippen LogP) is 5.58. The third kappa shape index (κ3) is 6.25. The van der Waals surface area contributed by atoms with Crippen molar-refractivity contribution < 1.29 is 19.1 Å². The van der Waals surface area contributed by atoms with Crippen LogP contribution in [-0.2, 0) is 9.59 Å². The molecular weight excluding hydrogens is 482 g/mol. The van der Waals surface area contributed by atoms with Crippen molar-refractivity contribution in [3.8, 4) is 17.2 Å². The summed E-state index contributed by atoms with van der Waals surface area (Å²) in [6.07, 6.45) is 4.53. The fourth-order valence-electron chi connectivity index (χ4n) is 3.79. The van der Waals surface area contributed by atoms with Crippen LogP contribution in [0.2, 0.25) is 0 Å². The molecule has 0 aliphatic heterocycles. The summed E-state index contributed by atoms with van der Waals surface area (Å²) in [7, 11) is 1.60. The Balaban J connectivity index is 1.48. The monoisotopic (exact) mass is 511 g/mol. The van der Waals surface area contributed by atoms with E-state index in [1.165, 1.54) is 6.20 Å². The van der Waals surface area contributed by atoms with Crippen LogP contribution in [0.15, 0.2) is 90.4 Å². The summed E-state index contributed by atoms with van der Waals surface area (Å²) in [6.45, 7) is 4.35. The van der Waals surface area contributed by atoms with Gasteiger partial charge in [0.15, 0.2) is 6.29 Å². The minimum absolute atomic E-state index is 0.00249. The number of hydrogen-bond acceptors (Lipinski definition) is 8. The lowest BCUT2D eigenvalue weighted by atomic mass is 10.2. The summed E-state index contributed by atoms with van der Waals surface area (Å²) in [4.78, 5) is 33.5. The number of nitrogens with zero attached hydrogens (tertiary/aromatic N) is 3. The van der Waals surface area contributed by atoms with Gasteiger partial charge in [-0.1, -0.05) is 25.1 Å². The van der Waals surface area contributed by atoms with Crippen LogP contribution in [0.5, 0.6) is 17.2 Å². The first-order chi connectivity index (χ1) is 18.5. The summed E-state index contributed by atoms with van der Waals surface area (Å²) in [5.41, 5.74) is 5.35. The number of allylic oxidation sites excluding steroid dienone is 1. The van der Waals surface area contributed by atoms with E-state index in [4.69, 9.17) is 9.47 Å². The molecule has 2 N–H and O–H groups in total. The summed E-state index contributed by atoms with van der Waals surface area (Å²) < 4.78 is 11.3. The van der Waals surface area contributed by atoms with Gasteiger partial charge >= 0.3 is 0 Å². The molecule has 4 aromatic rings. The Bertz CT molecular complexity index is 1440. The molecule has 194 valence electrons. The number of methoxy groups -OCH3 is 1. The van der Waals surface area contributed by atoms with E-state index in [0.29, 0.717) is 35.8 Å². The lowest BCUT2D eigenvalue weighted by Gasteiger charge is -2.27. The van der Waals surface area contributed by atoms with Gasteiger partial charge in [-0.05, 0) is 55.8 Å². The summed E-state index contributed by atoms with van der Waals surface area (Å²) in [5.74, 6) is 1.53. The number of hydrazine groups is 1. The van der Waals surface area contributed by atoms with Gasteiger partial charge in [-0.3, -0.25) is 25.0 Å². The van der Waals surface area contributed by atoms with Crippen molar-refractivity contribution in [1.29, 1.82) is 0 Å². The number of pyridine rings is 2. The van der Waals surface area contributed by atoms with E-state index in [9.17, 15) is 9.59 Å². The number of benzene rings is 2. The molecule has 38 heavy (non-hydrogen) atoms. The molecule has 0 aliphatic carbocycles. The highest BCUT2D eigenvalue weighted by atomic mass is 16.5. The van der Waals surface area contributed by atoms with Gasteiger partial charge in [0.1, 0.15) is 28.6 Å². The molecule has 2 aromatic heterocycles. The molecule has 0 radical (unpaired) electrons. The Kier molecular flexibility index (Phi) is 8.50. The number of anilines is 2. The minimum Gasteiger partial charge on any atom is -0.497 e. The molecule has 0 saturated carbocycles. The highest BCUT2D eigenvalue weighted by Crippen LogP contribution is 2.30. The van der Waals surface area contributed by atoms with Crippen molar-refractivity contribution in [1.82, 2.24) is 15.0 Å². The number of rotatable bonds is 11. The molecular formula is C29H29N5O4. The van der Waals surface area contributed by atoms with Crippen LogP contribution < -0.4 is 20.2 Å². The fraction of sp³-hybridized carbons (Fsp3) is 0.172. The van der Waals surface area contributed by atoms with Crippen LogP contribution in [0.25, 0.3) is 10.9 Å². The minimum atomic E-state index is -0.552. The number of carbonyl (C=O) groups is 2. The van der Waals surface area contributed by atoms with Crippen LogP contribution in [0, 0.1) is 0 Å². The van der Waals surface area contributed by atoms with Crippen LogP contribution in [0.4, 0.5) is 11.5 Å². The number of para-hydroxylation sites is 1. The molecule has 2 aromatic carbocycles. The number of aldehydes is 1. The number of nitrogens with one attached hydrogen (secondary N) is 2. The normalized spacial score (nSPS) is 11.3. The molecule has 0 atom stereocenters. The van der Waals surface area contributed by atoms with E-state index in [-0.39, 0.29) is 11.4 Å². The van der Waals surface area contributed by atoms with Crippen LogP contribution >= 0.6 is 0 Å². The molecule has 0 unspecified atom stereocenters. The number of fused-ring (bicyclic) bond motifs is 1. The molecule has 2 heterocycles. The van der Waals surface area contributed by atoms with E-state index >= 15 is 0 Å². The van der Waals surface area contributed by atoms with Gasteiger partial charge in [0, 0.05) is 29.9 Å². The molecule has 9 heteroatoms. The van der Waals surface area contributed by atoms with E-state index < -0.39 is 5.91 Å². The predicted molar refractivity (Wildman–Crippen MR) is 147 cm³/mol. The third-order valence-corrected chi connectivity index (χ3v) is 5.76. The Morgan fingerprint density at radius 3 is 2.50 bits per heavy atom. The Morgan fingerprint density at radius 2 is 1.82 bits per heavy atom. The molecule has 4 rings (SSSR count). The Labute approximate surface area is 221 Å². The van der Waals surface area contributed by atoms with Crippen molar-refractivity contribution in [2.75, 3.05) is 24.4 Å². The fourth-order valence-corrected chi connectivity index (χ4v) is 3.79. The van der Waals surface area contributed by atoms with Crippen molar-refractivity contribution in [3.63, 3.8) is 0 Å². The topological polar surface area (TPSA) is 106 Å². The number of hydrogen-bond donors (Lipinski definition) is 2. The number of aromatic nitrogens is 2. The first kappa shape index (κ1) is 26.2. The zero-order valence-corrected chi connectivity index (χ0v) is 21.5. The zero-order valence-electron chi connectivity index (χ0n) is 21.5. The Morgan fingerprint density at radius 1 is 1.03 bits per heavy atom. The van der Waals surface area contributed by atoms with Crippen molar-refractivity contribution in [3.05, 3.63) is 90.4 Å². The van der Waals surface area contributed by atoms with Crippen molar-refractivity contribution >= 4 is 34.6 Å². The average Bonchev–Trinajstić information content (AvgIpc) is 2.94. The number of carbonyl (C=O) groups excluding carboxylic acids is 2. The van der Waals surface area contributed by atoms with Crippen LogP contribution in [0.1, 0.15) is 20.3 Å². The second-order valence-electron chi connectivity index (χ2n) is 8.37. The van der Waals surface area contributed by atoms with Gasteiger partial charge in [-0.15, -0.1) is 0 Å². The maximum atomic E-state index is 13.0. The van der Waals surface area contributed by atoms with Gasteiger partial charge < -0.3 is 14.8 Å². The maximum Gasteiger partial charge on any atom is 0.261 e. The molecule has 0 bridgehead atoms. The van der Waals surface area contributed by atoms with Crippen LogP contribution in [0.3, 0.4) is 0 Å². The maximum absolute atomic E-state index is 13.0. The largest absolute Gasteiger partial charge is 0.497 e. The smallest absolute Gasteiger partial charge is 0.261 e. The lowest BCUT2D eigenvalue weighted by molar-refractivity contribution is -0.115. The van der Waals surface area contributed by atoms with Crippen LogP contribution in [-0.4, -0.2) is 40.8 Å². The molecule has 0 aliphatic rings. The van der Waals surface area contributed by atoms with E-state index in [0.717, 1.165) is 23.0 Å². The van der Waals surface area contributed by atoms with Gasteiger partial charge in [0.05, 0.1) is 24.5 Å². The third-order valence-electron chi connectivity index (χ3n) is 5.76.